The third kappa shape index (κ3) is 2.54. The van der Waals surface area contributed by atoms with Crippen LogP contribution in [-0.2, 0) is 4.74 Å². The van der Waals surface area contributed by atoms with Crippen molar-refractivity contribution in [2.75, 3.05) is 32.0 Å². The lowest BCUT2D eigenvalue weighted by atomic mass is 10.3. The minimum atomic E-state index is -0.0281. The number of amides is 1. The van der Waals surface area contributed by atoms with E-state index in [4.69, 9.17) is 10.5 Å². The quantitative estimate of drug-likeness (QED) is 0.911. The molecule has 1 amide bonds. The highest BCUT2D eigenvalue weighted by Gasteiger charge is 2.22. The van der Waals surface area contributed by atoms with Crippen molar-refractivity contribution in [3.8, 4) is 10.6 Å². The summed E-state index contributed by atoms with van der Waals surface area (Å²) in [5, 5.41) is 2.91. The maximum Gasteiger partial charge on any atom is 0.283 e. The lowest BCUT2D eigenvalue weighted by Crippen LogP contribution is -2.40. The fraction of sp³-hybridized carbons (Fsp3) is 0.417. The molecule has 6 nitrogen and oxygen atoms in total. The van der Waals surface area contributed by atoms with Crippen molar-refractivity contribution in [3.05, 3.63) is 16.1 Å². The second-order valence-corrected chi connectivity index (χ2v) is 6.30. The summed E-state index contributed by atoms with van der Waals surface area (Å²) >= 11 is 2.75. The van der Waals surface area contributed by atoms with Gasteiger partial charge in [-0.1, -0.05) is 11.3 Å². The molecule has 0 spiro atoms. The van der Waals surface area contributed by atoms with Crippen LogP contribution in [0, 0.1) is 6.92 Å². The first-order valence-corrected chi connectivity index (χ1v) is 7.90. The van der Waals surface area contributed by atoms with E-state index >= 15 is 0 Å². The second-order valence-electron chi connectivity index (χ2n) is 4.41. The number of rotatable bonds is 2. The van der Waals surface area contributed by atoms with Gasteiger partial charge in [0.25, 0.3) is 5.91 Å². The molecule has 1 aliphatic rings. The molecule has 0 atom stereocenters. The second kappa shape index (κ2) is 5.47. The molecule has 0 bridgehead atoms. The van der Waals surface area contributed by atoms with E-state index in [1.165, 1.54) is 22.7 Å². The fourth-order valence-electron chi connectivity index (χ4n) is 2.03. The topological polar surface area (TPSA) is 81.3 Å². The SMILES string of the molecule is Cc1nc(N)sc1-c1csc(C(=O)N2CCOCC2)n1. The van der Waals surface area contributed by atoms with Crippen LogP contribution in [0.3, 0.4) is 0 Å². The third-order valence-electron chi connectivity index (χ3n) is 3.03. The summed E-state index contributed by atoms with van der Waals surface area (Å²) in [6, 6.07) is 0. The van der Waals surface area contributed by atoms with E-state index in [2.05, 4.69) is 9.97 Å². The van der Waals surface area contributed by atoms with Crippen molar-refractivity contribution in [1.29, 1.82) is 0 Å². The molecule has 8 heteroatoms. The van der Waals surface area contributed by atoms with Gasteiger partial charge in [0.1, 0.15) is 0 Å². The molecule has 3 rings (SSSR count). The Morgan fingerprint density at radius 1 is 1.40 bits per heavy atom. The van der Waals surface area contributed by atoms with Gasteiger partial charge >= 0.3 is 0 Å². The summed E-state index contributed by atoms with van der Waals surface area (Å²) in [5.41, 5.74) is 7.32. The van der Waals surface area contributed by atoms with Gasteiger partial charge in [-0.25, -0.2) is 9.97 Å². The molecule has 2 aromatic rings. The van der Waals surface area contributed by atoms with Crippen molar-refractivity contribution in [1.82, 2.24) is 14.9 Å². The number of thiazole rings is 2. The zero-order valence-electron chi connectivity index (χ0n) is 11.0. The molecule has 0 radical (unpaired) electrons. The first-order valence-electron chi connectivity index (χ1n) is 6.21. The number of carbonyl (C=O) groups is 1. The zero-order chi connectivity index (χ0) is 14.1. The van der Waals surface area contributed by atoms with E-state index < -0.39 is 0 Å². The molecule has 2 aromatic heterocycles. The van der Waals surface area contributed by atoms with Gasteiger partial charge in [-0.2, -0.15) is 0 Å². The fourth-order valence-corrected chi connectivity index (χ4v) is 3.68. The van der Waals surface area contributed by atoms with E-state index in [-0.39, 0.29) is 5.91 Å². The van der Waals surface area contributed by atoms with Crippen molar-refractivity contribution < 1.29 is 9.53 Å². The van der Waals surface area contributed by atoms with Gasteiger partial charge in [-0.05, 0) is 6.92 Å². The van der Waals surface area contributed by atoms with Crippen LogP contribution in [0.4, 0.5) is 5.13 Å². The van der Waals surface area contributed by atoms with Gasteiger partial charge in [0.2, 0.25) is 0 Å². The molecule has 3 heterocycles. The van der Waals surface area contributed by atoms with Crippen LogP contribution in [0.25, 0.3) is 10.6 Å². The van der Waals surface area contributed by atoms with E-state index in [0.29, 0.717) is 36.4 Å². The van der Waals surface area contributed by atoms with E-state index in [9.17, 15) is 4.79 Å². The molecule has 1 fully saturated rings. The Balaban J connectivity index is 1.83. The highest BCUT2D eigenvalue weighted by molar-refractivity contribution is 7.19. The van der Waals surface area contributed by atoms with Crippen LogP contribution in [-0.4, -0.2) is 47.1 Å². The monoisotopic (exact) mass is 310 g/mol. The lowest BCUT2D eigenvalue weighted by Gasteiger charge is -2.25. The Kier molecular flexibility index (Phi) is 3.68. The summed E-state index contributed by atoms with van der Waals surface area (Å²) in [5.74, 6) is -0.0281. The van der Waals surface area contributed by atoms with Crippen LogP contribution in [0.5, 0.6) is 0 Å². The summed E-state index contributed by atoms with van der Waals surface area (Å²) in [4.78, 5) is 23.6. The number of aryl methyl sites for hydroxylation is 1. The summed E-state index contributed by atoms with van der Waals surface area (Å²) in [6.45, 7) is 4.33. The molecule has 0 unspecified atom stereocenters. The number of nitrogen functional groups attached to an aromatic ring is 1. The standard InChI is InChI=1S/C12H14N4O2S2/c1-7-9(20-12(13)14-7)8-6-19-10(15-8)11(17)16-2-4-18-5-3-16/h6H,2-5H2,1H3,(H2,13,14). The molecule has 106 valence electrons. The summed E-state index contributed by atoms with van der Waals surface area (Å²) < 4.78 is 5.25. The molecule has 0 saturated carbocycles. The Morgan fingerprint density at radius 3 is 2.80 bits per heavy atom. The van der Waals surface area contributed by atoms with Crippen LogP contribution < -0.4 is 5.73 Å². The van der Waals surface area contributed by atoms with Crippen LogP contribution >= 0.6 is 22.7 Å². The molecule has 0 aliphatic carbocycles. The minimum Gasteiger partial charge on any atom is -0.378 e. The van der Waals surface area contributed by atoms with Crippen LogP contribution in [0.2, 0.25) is 0 Å². The number of hydrogen-bond donors (Lipinski definition) is 1. The minimum absolute atomic E-state index is 0.0281. The van der Waals surface area contributed by atoms with Gasteiger partial charge < -0.3 is 15.4 Å². The van der Waals surface area contributed by atoms with Crippen molar-refractivity contribution in [2.45, 2.75) is 6.92 Å². The zero-order valence-corrected chi connectivity index (χ0v) is 12.6. The number of nitrogens with two attached hydrogens (primary N) is 1. The first-order chi connectivity index (χ1) is 9.65. The number of carbonyl (C=O) groups excluding carboxylic acids is 1. The predicted octanol–water partition coefficient (Wildman–Crippen LogP) is 1.63. The van der Waals surface area contributed by atoms with Crippen molar-refractivity contribution in [3.63, 3.8) is 0 Å². The maximum atomic E-state index is 12.3. The predicted molar refractivity (Wildman–Crippen MR) is 79.1 cm³/mol. The van der Waals surface area contributed by atoms with Crippen LogP contribution in [0.15, 0.2) is 5.38 Å². The summed E-state index contributed by atoms with van der Waals surface area (Å²) in [6.07, 6.45) is 0. The number of morpholine rings is 1. The molecule has 1 saturated heterocycles. The normalized spacial score (nSPS) is 15.6. The molecule has 20 heavy (non-hydrogen) atoms. The molecule has 2 N–H and O–H groups in total. The largest absolute Gasteiger partial charge is 0.378 e. The third-order valence-corrected chi connectivity index (χ3v) is 4.87. The Labute approximate surface area is 124 Å². The Morgan fingerprint density at radius 2 is 2.15 bits per heavy atom. The highest BCUT2D eigenvalue weighted by atomic mass is 32.1. The number of anilines is 1. The first kappa shape index (κ1) is 13.5. The van der Waals surface area contributed by atoms with Gasteiger partial charge in [0.15, 0.2) is 10.1 Å². The Hall–Kier alpha value is -1.51. The smallest absolute Gasteiger partial charge is 0.283 e. The molecular formula is C12H14N4O2S2. The average molecular weight is 310 g/mol. The van der Waals surface area contributed by atoms with Crippen molar-refractivity contribution in [2.24, 2.45) is 0 Å². The van der Waals surface area contributed by atoms with Gasteiger partial charge in [-0.15, -0.1) is 11.3 Å². The average Bonchev–Trinajstić information content (AvgIpc) is 3.05. The Bertz CT molecular complexity index is 631. The van der Waals surface area contributed by atoms with Gasteiger partial charge in [0.05, 0.1) is 29.5 Å². The van der Waals surface area contributed by atoms with Gasteiger partial charge in [-0.3, -0.25) is 4.79 Å². The molecule has 0 aromatic carbocycles. The summed E-state index contributed by atoms with van der Waals surface area (Å²) in [7, 11) is 0. The highest BCUT2D eigenvalue weighted by Crippen LogP contribution is 2.32. The van der Waals surface area contributed by atoms with E-state index in [0.717, 1.165) is 16.3 Å². The molecular weight excluding hydrogens is 296 g/mol. The number of hydrogen-bond acceptors (Lipinski definition) is 7. The van der Waals surface area contributed by atoms with Crippen LogP contribution in [0.1, 0.15) is 15.5 Å². The van der Waals surface area contributed by atoms with E-state index in [1.54, 1.807) is 4.90 Å². The number of ether oxygens (including phenoxy) is 1. The van der Waals surface area contributed by atoms with Gasteiger partial charge in [0, 0.05) is 18.5 Å². The maximum absolute atomic E-state index is 12.3. The van der Waals surface area contributed by atoms with Crippen molar-refractivity contribution >= 4 is 33.7 Å². The molecule has 1 aliphatic heterocycles. The lowest BCUT2D eigenvalue weighted by molar-refractivity contribution is 0.0303. The number of nitrogens with zero attached hydrogens (tertiary/aromatic N) is 3. The van der Waals surface area contributed by atoms with E-state index in [1.807, 2.05) is 12.3 Å². The number of aromatic nitrogens is 2.